The fraction of sp³-hybridized carbons (Fsp3) is 0.778. The third-order valence-electron chi connectivity index (χ3n) is 2.31. The van der Waals surface area contributed by atoms with Gasteiger partial charge in [-0.1, -0.05) is 6.08 Å². The standard InChI is InChI=1S/C9H16ClN/c1-3-6-11-7-4-5-9(11)8(2)10/h3,8-9H,1,4-7H2,2H3. The minimum absolute atomic E-state index is 0.275. The molecule has 0 aromatic heterocycles. The SMILES string of the molecule is C=CCN1CCCC1C(C)Cl. The fourth-order valence-electron chi connectivity index (χ4n) is 1.76. The molecule has 2 atom stereocenters. The van der Waals surface area contributed by atoms with Gasteiger partial charge in [-0.25, -0.2) is 0 Å². The fourth-order valence-corrected chi connectivity index (χ4v) is 2.05. The topological polar surface area (TPSA) is 3.24 Å². The molecule has 11 heavy (non-hydrogen) atoms. The summed E-state index contributed by atoms with van der Waals surface area (Å²) < 4.78 is 0. The van der Waals surface area contributed by atoms with Gasteiger partial charge in [0.15, 0.2) is 0 Å². The quantitative estimate of drug-likeness (QED) is 0.468. The van der Waals surface area contributed by atoms with E-state index in [2.05, 4.69) is 18.4 Å². The van der Waals surface area contributed by atoms with E-state index in [-0.39, 0.29) is 5.38 Å². The first kappa shape index (κ1) is 9.08. The Morgan fingerprint density at radius 1 is 1.82 bits per heavy atom. The lowest BCUT2D eigenvalue weighted by Gasteiger charge is -2.24. The van der Waals surface area contributed by atoms with Crippen molar-refractivity contribution in [3.8, 4) is 0 Å². The number of hydrogen-bond acceptors (Lipinski definition) is 1. The van der Waals surface area contributed by atoms with Crippen molar-refractivity contribution in [2.75, 3.05) is 13.1 Å². The molecule has 0 aromatic carbocycles. The van der Waals surface area contributed by atoms with Crippen molar-refractivity contribution in [3.63, 3.8) is 0 Å². The van der Waals surface area contributed by atoms with Crippen molar-refractivity contribution >= 4 is 11.6 Å². The van der Waals surface area contributed by atoms with Crippen molar-refractivity contribution in [1.82, 2.24) is 4.90 Å². The first-order valence-corrected chi connectivity index (χ1v) is 4.68. The smallest absolute Gasteiger partial charge is 0.0463 e. The zero-order valence-electron chi connectivity index (χ0n) is 7.09. The minimum atomic E-state index is 0.275. The molecule has 0 N–H and O–H groups in total. The Morgan fingerprint density at radius 2 is 2.55 bits per heavy atom. The second-order valence-corrected chi connectivity index (χ2v) is 3.86. The van der Waals surface area contributed by atoms with Crippen LogP contribution in [0.4, 0.5) is 0 Å². The summed E-state index contributed by atoms with van der Waals surface area (Å²) in [6.07, 6.45) is 4.49. The summed E-state index contributed by atoms with van der Waals surface area (Å²) in [6, 6.07) is 0.578. The molecule has 0 spiro atoms. The number of halogens is 1. The van der Waals surface area contributed by atoms with Gasteiger partial charge in [-0.15, -0.1) is 18.2 Å². The molecule has 64 valence electrons. The number of alkyl halides is 1. The molecule has 1 aliphatic rings. The molecule has 0 bridgehead atoms. The van der Waals surface area contributed by atoms with Gasteiger partial charge in [-0.05, 0) is 26.3 Å². The average Bonchev–Trinajstić information content (AvgIpc) is 2.36. The van der Waals surface area contributed by atoms with Crippen molar-refractivity contribution in [3.05, 3.63) is 12.7 Å². The Balaban J connectivity index is 2.43. The summed E-state index contributed by atoms with van der Waals surface area (Å²) in [4.78, 5) is 2.41. The third kappa shape index (κ3) is 2.21. The summed E-state index contributed by atoms with van der Waals surface area (Å²) in [5.74, 6) is 0. The van der Waals surface area contributed by atoms with Crippen LogP contribution in [0.15, 0.2) is 12.7 Å². The van der Waals surface area contributed by atoms with Crippen LogP contribution in [0.25, 0.3) is 0 Å². The van der Waals surface area contributed by atoms with Gasteiger partial charge in [0.1, 0.15) is 0 Å². The molecular weight excluding hydrogens is 158 g/mol. The summed E-state index contributed by atoms with van der Waals surface area (Å²) in [5.41, 5.74) is 0. The van der Waals surface area contributed by atoms with Crippen LogP contribution in [-0.4, -0.2) is 29.4 Å². The van der Waals surface area contributed by atoms with Crippen LogP contribution in [0.3, 0.4) is 0 Å². The van der Waals surface area contributed by atoms with Crippen LogP contribution in [0.1, 0.15) is 19.8 Å². The molecule has 1 fully saturated rings. The average molecular weight is 174 g/mol. The lowest BCUT2D eigenvalue weighted by atomic mass is 10.1. The zero-order chi connectivity index (χ0) is 8.27. The molecule has 1 aliphatic heterocycles. The molecule has 0 aromatic rings. The number of rotatable bonds is 3. The predicted molar refractivity (Wildman–Crippen MR) is 50.1 cm³/mol. The maximum Gasteiger partial charge on any atom is 0.0463 e. The Morgan fingerprint density at radius 3 is 3.09 bits per heavy atom. The highest BCUT2D eigenvalue weighted by molar-refractivity contribution is 6.20. The minimum Gasteiger partial charge on any atom is -0.295 e. The van der Waals surface area contributed by atoms with E-state index in [9.17, 15) is 0 Å². The van der Waals surface area contributed by atoms with E-state index in [1.165, 1.54) is 19.4 Å². The number of nitrogens with zero attached hydrogens (tertiary/aromatic N) is 1. The van der Waals surface area contributed by atoms with E-state index >= 15 is 0 Å². The second-order valence-electron chi connectivity index (χ2n) is 3.17. The van der Waals surface area contributed by atoms with Crippen LogP contribution in [0.5, 0.6) is 0 Å². The molecule has 0 radical (unpaired) electrons. The zero-order valence-corrected chi connectivity index (χ0v) is 7.85. The Kier molecular flexibility index (Phi) is 3.41. The van der Waals surface area contributed by atoms with Crippen LogP contribution in [0.2, 0.25) is 0 Å². The molecule has 0 aliphatic carbocycles. The summed E-state index contributed by atoms with van der Waals surface area (Å²) >= 11 is 6.04. The van der Waals surface area contributed by atoms with Gasteiger partial charge in [0.25, 0.3) is 0 Å². The normalized spacial score (nSPS) is 28.7. The van der Waals surface area contributed by atoms with Gasteiger partial charge >= 0.3 is 0 Å². The summed E-state index contributed by atoms with van der Waals surface area (Å²) in [7, 11) is 0. The monoisotopic (exact) mass is 173 g/mol. The van der Waals surface area contributed by atoms with Gasteiger partial charge in [-0.3, -0.25) is 4.90 Å². The van der Waals surface area contributed by atoms with Crippen LogP contribution in [0, 0.1) is 0 Å². The molecule has 2 heteroatoms. The van der Waals surface area contributed by atoms with Crippen LogP contribution in [-0.2, 0) is 0 Å². The van der Waals surface area contributed by atoms with Crippen molar-refractivity contribution < 1.29 is 0 Å². The molecule has 1 saturated heterocycles. The molecule has 1 nitrogen and oxygen atoms in total. The molecule has 1 heterocycles. The maximum atomic E-state index is 6.04. The second kappa shape index (κ2) is 4.13. The molecule has 1 rings (SSSR count). The molecule has 0 amide bonds. The van der Waals surface area contributed by atoms with Gasteiger partial charge in [0, 0.05) is 18.0 Å². The maximum absolute atomic E-state index is 6.04. The van der Waals surface area contributed by atoms with E-state index in [1.807, 2.05) is 6.08 Å². The van der Waals surface area contributed by atoms with E-state index in [1.54, 1.807) is 0 Å². The van der Waals surface area contributed by atoms with Crippen molar-refractivity contribution in [1.29, 1.82) is 0 Å². The van der Waals surface area contributed by atoms with Crippen molar-refractivity contribution in [2.24, 2.45) is 0 Å². The van der Waals surface area contributed by atoms with E-state index in [4.69, 9.17) is 11.6 Å². The Labute approximate surface area is 74.0 Å². The van der Waals surface area contributed by atoms with Crippen LogP contribution >= 0.6 is 11.6 Å². The predicted octanol–water partition coefficient (Wildman–Crippen LogP) is 2.26. The highest BCUT2D eigenvalue weighted by Gasteiger charge is 2.26. The first-order chi connectivity index (χ1) is 5.25. The van der Waals surface area contributed by atoms with E-state index in [0.29, 0.717) is 6.04 Å². The van der Waals surface area contributed by atoms with Crippen LogP contribution < -0.4 is 0 Å². The highest BCUT2D eigenvalue weighted by Crippen LogP contribution is 2.22. The highest BCUT2D eigenvalue weighted by atomic mass is 35.5. The lowest BCUT2D eigenvalue weighted by molar-refractivity contribution is 0.278. The lowest BCUT2D eigenvalue weighted by Crippen LogP contribution is -2.34. The summed E-state index contributed by atoms with van der Waals surface area (Å²) in [5, 5.41) is 0.275. The number of hydrogen-bond donors (Lipinski definition) is 0. The van der Waals surface area contributed by atoms with Gasteiger partial charge in [-0.2, -0.15) is 0 Å². The summed E-state index contributed by atoms with van der Waals surface area (Å²) in [6.45, 7) is 7.99. The molecule has 2 unspecified atom stereocenters. The molecule has 0 saturated carbocycles. The number of likely N-dealkylation sites (tertiary alicyclic amines) is 1. The van der Waals surface area contributed by atoms with E-state index in [0.717, 1.165) is 6.54 Å². The molecular formula is C9H16ClN. The van der Waals surface area contributed by atoms with Gasteiger partial charge in [0.2, 0.25) is 0 Å². The largest absolute Gasteiger partial charge is 0.295 e. The van der Waals surface area contributed by atoms with Gasteiger partial charge < -0.3 is 0 Å². The third-order valence-corrected chi connectivity index (χ3v) is 2.60. The van der Waals surface area contributed by atoms with E-state index < -0.39 is 0 Å². The van der Waals surface area contributed by atoms with Gasteiger partial charge in [0.05, 0.1) is 0 Å². The van der Waals surface area contributed by atoms with Crippen molar-refractivity contribution in [2.45, 2.75) is 31.2 Å². The first-order valence-electron chi connectivity index (χ1n) is 4.24. The Bertz CT molecular complexity index is 134. The Hall–Kier alpha value is -0.0100.